The lowest BCUT2D eigenvalue weighted by Gasteiger charge is -2.40. The normalized spacial score (nSPS) is 19.2. The summed E-state index contributed by atoms with van der Waals surface area (Å²) in [5, 5.41) is -1.16. The van der Waals surface area contributed by atoms with Crippen molar-refractivity contribution >= 4 is 21.7 Å². The lowest BCUT2D eigenvalue weighted by atomic mass is 9.78. The maximum Gasteiger partial charge on any atom is 0.245 e. The third-order valence-corrected chi connectivity index (χ3v) is 10.2. The molecule has 0 radical (unpaired) electrons. The largest absolute Gasteiger partial charge is 0.343 e. The van der Waals surface area contributed by atoms with E-state index in [2.05, 4.69) is 35.2 Å². The fourth-order valence-electron chi connectivity index (χ4n) is 6.71. The first-order valence-corrected chi connectivity index (χ1v) is 16.7. The zero-order valence-corrected chi connectivity index (χ0v) is 25.1. The van der Waals surface area contributed by atoms with Crippen LogP contribution in [0.1, 0.15) is 68.2 Å². The summed E-state index contributed by atoms with van der Waals surface area (Å²) < 4.78 is 25.4. The van der Waals surface area contributed by atoms with Gasteiger partial charge in [-0.15, -0.1) is 0 Å². The third-order valence-electron chi connectivity index (χ3n) is 8.91. The van der Waals surface area contributed by atoms with Gasteiger partial charge in [0.2, 0.25) is 11.8 Å². The highest BCUT2D eigenvalue weighted by Gasteiger charge is 2.37. The van der Waals surface area contributed by atoms with Crippen LogP contribution in [0.25, 0.3) is 0 Å². The minimum Gasteiger partial charge on any atom is -0.343 e. The van der Waals surface area contributed by atoms with Crippen molar-refractivity contribution in [2.45, 2.75) is 63.2 Å². The molecule has 2 aliphatic heterocycles. The van der Waals surface area contributed by atoms with Gasteiger partial charge in [-0.05, 0) is 68.5 Å². The molecule has 2 amide bonds. The molecule has 0 aliphatic carbocycles. The number of nitrogens with zero attached hydrogens (tertiary/aromatic N) is 3. The van der Waals surface area contributed by atoms with Gasteiger partial charge in [0.1, 0.15) is 0 Å². The number of likely N-dealkylation sites (tertiary alicyclic amines) is 2. The van der Waals surface area contributed by atoms with E-state index in [0.717, 1.165) is 71.1 Å². The number of carbonyl (C=O) groups excluding carboxylic acids is 2. The third kappa shape index (κ3) is 7.52. The number of hydrogen-bond donors (Lipinski definition) is 0. The molecule has 2 fully saturated rings. The monoisotopic (exact) mass is 567 g/mol. The zero-order chi connectivity index (χ0) is 28.7. The van der Waals surface area contributed by atoms with Crippen molar-refractivity contribution in [3.8, 4) is 0 Å². The second kappa shape index (κ2) is 13.8. The van der Waals surface area contributed by atoms with Gasteiger partial charge in [0.25, 0.3) is 0 Å². The van der Waals surface area contributed by atoms with Crippen molar-refractivity contribution in [1.29, 1.82) is 0 Å². The predicted octanol–water partition coefficient (Wildman–Crippen LogP) is 4.52. The van der Waals surface area contributed by atoms with Crippen molar-refractivity contribution < 1.29 is 18.0 Å². The molecule has 0 N–H and O–H groups in total. The fourth-order valence-corrected chi connectivity index (χ4v) is 7.87. The van der Waals surface area contributed by atoms with E-state index in [9.17, 15) is 18.0 Å². The Hall–Kier alpha value is -2.71. The summed E-state index contributed by atoms with van der Waals surface area (Å²) in [6.45, 7) is 8.57. The maximum absolute atomic E-state index is 13.6. The van der Waals surface area contributed by atoms with Gasteiger partial charge in [-0.3, -0.25) is 9.59 Å². The minimum atomic E-state index is -3.61. The minimum absolute atomic E-state index is 0.0440. The summed E-state index contributed by atoms with van der Waals surface area (Å²) in [5.74, 6) is 0.886. The molecule has 2 aromatic carbocycles. The molecule has 218 valence electrons. The van der Waals surface area contributed by atoms with Gasteiger partial charge in [-0.1, -0.05) is 60.7 Å². The van der Waals surface area contributed by atoms with Gasteiger partial charge in [0.15, 0.2) is 15.1 Å². The molecule has 0 saturated carbocycles. The van der Waals surface area contributed by atoms with Crippen LogP contribution < -0.4 is 0 Å². The van der Waals surface area contributed by atoms with E-state index < -0.39 is 15.1 Å². The van der Waals surface area contributed by atoms with Gasteiger partial charge < -0.3 is 14.7 Å². The van der Waals surface area contributed by atoms with Crippen LogP contribution in [-0.2, 0) is 19.4 Å². The van der Waals surface area contributed by atoms with E-state index in [-0.39, 0.29) is 17.9 Å². The molecule has 0 bridgehead atoms. The van der Waals surface area contributed by atoms with E-state index >= 15 is 0 Å². The average molecular weight is 568 g/mol. The SMILES string of the molecule is CCN(C(=O)C(c1ccccc1)S(C)(=O)=O)C1CCN(CCC(c2ccccc2)C2CCN(C(C)=O)CC2)CC1. The number of sulfone groups is 1. The fraction of sp³-hybridized carbons (Fsp3) is 0.562. The molecule has 2 saturated heterocycles. The highest BCUT2D eigenvalue weighted by molar-refractivity contribution is 7.91. The first-order chi connectivity index (χ1) is 19.2. The van der Waals surface area contributed by atoms with Crippen molar-refractivity contribution in [1.82, 2.24) is 14.7 Å². The summed E-state index contributed by atoms with van der Waals surface area (Å²) in [6, 6.07) is 19.7. The number of rotatable bonds is 10. The topological polar surface area (TPSA) is 78.0 Å². The Balaban J connectivity index is 1.37. The second-order valence-corrected chi connectivity index (χ2v) is 13.6. The van der Waals surface area contributed by atoms with Gasteiger partial charge >= 0.3 is 0 Å². The summed E-state index contributed by atoms with van der Waals surface area (Å²) in [6.07, 6.45) is 6.00. The number of piperidine rings is 2. The van der Waals surface area contributed by atoms with E-state index in [1.807, 2.05) is 17.9 Å². The molecule has 2 unspecified atom stereocenters. The van der Waals surface area contributed by atoms with Crippen LogP contribution in [0.3, 0.4) is 0 Å². The molecule has 2 atom stereocenters. The lowest BCUT2D eigenvalue weighted by molar-refractivity contribution is -0.134. The van der Waals surface area contributed by atoms with Gasteiger partial charge in [-0.25, -0.2) is 8.42 Å². The molecular formula is C32H45N3O4S. The quantitative estimate of drug-likeness (QED) is 0.422. The van der Waals surface area contributed by atoms with Crippen LogP contribution in [0.15, 0.2) is 60.7 Å². The smallest absolute Gasteiger partial charge is 0.245 e. The van der Waals surface area contributed by atoms with Crippen LogP contribution in [0.2, 0.25) is 0 Å². The number of likely N-dealkylation sites (N-methyl/N-ethyl adjacent to an activating group) is 1. The Morgan fingerprint density at radius 3 is 1.93 bits per heavy atom. The zero-order valence-electron chi connectivity index (χ0n) is 24.2. The van der Waals surface area contributed by atoms with E-state index in [4.69, 9.17) is 0 Å². The number of amides is 2. The highest BCUT2D eigenvalue weighted by atomic mass is 32.2. The standard InChI is InChI=1S/C32H45N3O4S/c1-4-35(32(37)31(40(3,38)39)28-13-9-6-10-14-28)29-17-20-33(21-18-29)22-19-30(26-11-7-5-8-12-26)27-15-23-34(24-16-27)25(2)36/h5-14,27,29-31H,4,15-24H2,1-3H3. The summed E-state index contributed by atoms with van der Waals surface area (Å²) in [5.41, 5.74) is 1.92. The molecule has 8 heteroatoms. The Labute approximate surface area is 240 Å². The Morgan fingerprint density at radius 1 is 0.875 bits per heavy atom. The van der Waals surface area contributed by atoms with Crippen LogP contribution in [0.4, 0.5) is 0 Å². The van der Waals surface area contributed by atoms with Crippen molar-refractivity contribution in [3.63, 3.8) is 0 Å². The Bertz CT molecular complexity index is 1210. The summed E-state index contributed by atoms with van der Waals surface area (Å²) in [4.78, 5) is 31.7. The van der Waals surface area contributed by atoms with E-state index in [1.54, 1.807) is 36.1 Å². The maximum atomic E-state index is 13.6. The molecule has 7 nitrogen and oxygen atoms in total. The van der Waals surface area contributed by atoms with Crippen LogP contribution in [0.5, 0.6) is 0 Å². The molecule has 40 heavy (non-hydrogen) atoms. The first-order valence-electron chi connectivity index (χ1n) is 14.8. The van der Waals surface area contributed by atoms with Crippen LogP contribution in [0, 0.1) is 5.92 Å². The molecular weight excluding hydrogens is 522 g/mol. The van der Waals surface area contributed by atoms with Crippen molar-refractivity contribution in [2.75, 3.05) is 45.5 Å². The molecule has 2 aliphatic rings. The van der Waals surface area contributed by atoms with Gasteiger partial charge in [-0.2, -0.15) is 0 Å². The molecule has 2 aromatic rings. The average Bonchev–Trinajstić information content (AvgIpc) is 2.95. The second-order valence-electron chi connectivity index (χ2n) is 11.5. The van der Waals surface area contributed by atoms with E-state index in [1.165, 1.54) is 5.56 Å². The van der Waals surface area contributed by atoms with Crippen LogP contribution >= 0.6 is 0 Å². The molecule has 0 aromatic heterocycles. The lowest BCUT2D eigenvalue weighted by Crippen LogP contribution is -2.49. The highest BCUT2D eigenvalue weighted by Crippen LogP contribution is 2.36. The number of benzene rings is 2. The summed E-state index contributed by atoms with van der Waals surface area (Å²) in [7, 11) is -3.61. The summed E-state index contributed by atoms with van der Waals surface area (Å²) >= 11 is 0. The first kappa shape index (κ1) is 30.3. The number of carbonyl (C=O) groups is 2. The molecule has 2 heterocycles. The van der Waals surface area contributed by atoms with E-state index in [0.29, 0.717) is 23.9 Å². The predicted molar refractivity (Wildman–Crippen MR) is 160 cm³/mol. The van der Waals surface area contributed by atoms with Crippen LogP contribution in [-0.4, -0.2) is 86.5 Å². The Morgan fingerprint density at radius 2 is 1.43 bits per heavy atom. The molecule has 4 rings (SSSR count). The molecule has 0 spiro atoms. The van der Waals surface area contributed by atoms with Crippen molar-refractivity contribution in [3.05, 3.63) is 71.8 Å². The van der Waals surface area contributed by atoms with Crippen molar-refractivity contribution in [2.24, 2.45) is 5.92 Å². The van der Waals surface area contributed by atoms with Gasteiger partial charge in [0, 0.05) is 51.9 Å². The Kier molecular flexibility index (Phi) is 10.4. The van der Waals surface area contributed by atoms with Gasteiger partial charge in [0.05, 0.1) is 0 Å². The number of hydrogen-bond acceptors (Lipinski definition) is 5.